The predicted octanol–water partition coefficient (Wildman–Crippen LogP) is 0.0353. The van der Waals surface area contributed by atoms with E-state index in [1.165, 1.54) is 0 Å². The molecule has 0 unspecified atom stereocenters. The van der Waals surface area contributed by atoms with Crippen LogP contribution in [0.15, 0.2) is 11.1 Å². The van der Waals surface area contributed by atoms with E-state index in [0.29, 0.717) is 11.2 Å². The van der Waals surface area contributed by atoms with E-state index in [1.54, 1.807) is 6.33 Å². The van der Waals surface area contributed by atoms with Crippen LogP contribution in [0.5, 0.6) is 0 Å². The molecule has 1 saturated carbocycles. The number of anilines is 1. The highest BCUT2D eigenvalue weighted by Crippen LogP contribution is 2.36. The molecule has 1 aliphatic rings. The number of aromatic nitrogens is 4. The molecule has 0 aromatic carbocycles. The third-order valence-corrected chi connectivity index (χ3v) is 3.66. The van der Waals surface area contributed by atoms with E-state index in [9.17, 15) is 9.90 Å². The van der Waals surface area contributed by atoms with Crippen molar-refractivity contribution in [2.45, 2.75) is 25.3 Å². The number of nitrogens with two attached hydrogens (primary N) is 1. The molecule has 0 radical (unpaired) electrons. The lowest BCUT2D eigenvalue weighted by Crippen LogP contribution is -2.18. The van der Waals surface area contributed by atoms with E-state index in [4.69, 9.17) is 5.73 Å². The van der Waals surface area contributed by atoms with Gasteiger partial charge in [-0.05, 0) is 12.8 Å². The number of aliphatic hydroxyl groups excluding tert-OH is 1. The summed E-state index contributed by atoms with van der Waals surface area (Å²) < 4.78 is 1.87. The molecule has 3 rings (SSSR count). The third-order valence-electron chi connectivity index (χ3n) is 3.66. The summed E-state index contributed by atoms with van der Waals surface area (Å²) in [6.45, 7) is 0.142. The van der Waals surface area contributed by atoms with Crippen molar-refractivity contribution in [2.24, 2.45) is 5.92 Å². The summed E-state index contributed by atoms with van der Waals surface area (Å²) in [4.78, 5) is 22.3. The summed E-state index contributed by atoms with van der Waals surface area (Å²) >= 11 is 0. The molecule has 18 heavy (non-hydrogen) atoms. The van der Waals surface area contributed by atoms with Crippen LogP contribution in [0.4, 0.5) is 5.95 Å². The van der Waals surface area contributed by atoms with Gasteiger partial charge >= 0.3 is 0 Å². The van der Waals surface area contributed by atoms with E-state index in [1.807, 2.05) is 4.57 Å². The molecular weight excluding hydrogens is 234 g/mol. The number of imidazole rings is 1. The van der Waals surface area contributed by atoms with Crippen LogP contribution < -0.4 is 11.3 Å². The van der Waals surface area contributed by atoms with Crippen molar-refractivity contribution in [1.82, 2.24) is 19.5 Å². The summed E-state index contributed by atoms with van der Waals surface area (Å²) in [6, 6.07) is 0.147. The van der Waals surface area contributed by atoms with Gasteiger partial charge in [-0.1, -0.05) is 6.42 Å². The number of nitrogen functional groups attached to an aromatic ring is 1. The van der Waals surface area contributed by atoms with E-state index >= 15 is 0 Å². The number of hydrogen-bond donors (Lipinski definition) is 3. The standard InChI is InChI=1S/C11H15N5O2/c12-11-14-9-8(10(18)15-11)13-5-16(9)7-3-1-2-6(7)4-17/h5-7,17H,1-4H2,(H3,12,14,15,18)/t6-,7+/m0/s1. The van der Waals surface area contributed by atoms with E-state index < -0.39 is 0 Å². The highest BCUT2D eigenvalue weighted by atomic mass is 16.3. The van der Waals surface area contributed by atoms with Crippen molar-refractivity contribution in [3.05, 3.63) is 16.7 Å². The maximum atomic E-state index is 11.7. The Morgan fingerprint density at radius 3 is 3.17 bits per heavy atom. The first kappa shape index (κ1) is 11.2. The molecule has 2 aromatic rings. The summed E-state index contributed by atoms with van der Waals surface area (Å²) in [7, 11) is 0. The van der Waals surface area contributed by atoms with Gasteiger partial charge in [-0.2, -0.15) is 4.98 Å². The first-order chi connectivity index (χ1) is 8.70. The Balaban J connectivity index is 2.15. The highest BCUT2D eigenvalue weighted by molar-refractivity contribution is 5.70. The second kappa shape index (κ2) is 4.09. The van der Waals surface area contributed by atoms with Crippen LogP contribution in [0.25, 0.3) is 11.2 Å². The molecule has 7 nitrogen and oxygen atoms in total. The van der Waals surface area contributed by atoms with Crippen LogP contribution >= 0.6 is 0 Å². The minimum absolute atomic E-state index is 0.0906. The molecule has 0 amide bonds. The first-order valence-corrected chi connectivity index (χ1v) is 6.04. The van der Waals surface area contributed by atoms with Crippen LogP contribution in [0, 0.1) is 5.92 Å². The first-order valence-electron chi connectivity index (χ1n) is 6.04. The van der Waals surface area contributed by atoms with Crippen molar-refractivity contribution in [3.8, 4) is 0 Å². The maximum absolute atomic E-state index is 11.7. The number of H-pyrrole nitrogens is 1. The van der Waals surface area contributed by atoms with Crippen molar-refractivity contribution in [2.75, 3.05) is 12.3 Å². The van der Waals surface area contributed by atoms with Crippen LogP contribution in [0.2, 0.25) is 0 Å². The molecule has 96 valence electrons. The largest absolute Gasteiger partial charge is 0.396 e. The van der Waals surface area contributed by atoms with E-state index in [2.05, 4.69) is 15.0 Å². The molecule has 0 bridgehead atoms. The molecule has 0 aliphatic heterocycles. The van der Waals surface area contributed by atoms with Crippen LogP contribution in [-0.4, -0.2) is 31.2 Å². The quantitative estimate of drug-likeness (QED) is 0.695. The highest BCUT2D eigenvalue weighted by Gasteiger charge is 2.29. The zero-order valence-corrected chi connectivity index (χ0v) is 9.83. The van der Waals surface area contributed by atoms with Gasteiger partial charge in [-0.15, -0.1) is 0 Å². The van der Waals surface area contributed by atoms with Gasteiger partial charge < -0.3 is 15.4 Å². The fourth-order valence-electron chi connectivity index (χ4n) is 2.78. The SMILES string of the molecule is Nc1nc2c(ncn2[C@@H]2CCC[C@H]2CO)c(=O)[nH]1. The molecule has 1 fully saturated rings. The van der Waals surface area contributed by atoms with E-state index in [-0.39, 0.29) is 30.1 Å². The fraction of sp³-hybridized carbons (Fsp3) is 0.545. The number of aliphatic hydroxyl groups is 1. The number of rotatable bonds is 2. The monoisotopic (exact) mass is 249 g/mol. The number of nitrogens with one attached hydrogen (secondary N) is 1. The minimum atomic E-state index is -0.324. The van der Waals surface area contributed by atoms with Gasteiger partial charge in [0.15, 0.2) is 11.2 Å². The smallest absolute Gasteiger partial charge is 0.280 e. The molecule has 0 saturated heterocycles. The lowest BCUT2D eigenvalue weighted by Gasteiger charge is -2.19. The van der Waals surface area contributed by atoms with Gasteiger partial charge in [-0.3, -0.25) is 9.78 Å². The van der Waals surface area contributed by atoms with Gasteiger partial charge in [0.05, 0.1) is 6.33 Å². The van der Waals surface area contributed by atoms with Gasteiger partial charge in [-0.25, -0.2) is 4.98 Å². The zero-order chi connectivity index (χ0) is 12.7. The molecule has 2 aromatic heterocycles. The van der Waals surface area contributed by atoms with E-state index in [0.717, 1.165) is 19.3 Å². The van der Waals surface area contributed by atoms with Crippen LogP contribution in [0.3, 0.4) is 0 Å². The maximum Gasteiger partial charge on any atom is 0.280 e. The Morgan fingerprint density at radius 2 is 2.39 bits per heavy atom. The minimum Gasteiger partial charge on any atom is -0.396 e. The predicted molar refractivity (Wildman–Crippen MR) is 66.0 cm³/mol. The average molecular weight is 249 g/mol. The number of aromatic amines is 1. The third kappa shape index (κ3) is 1.59. The van der Waals surface area contributed by atoms with Gasteiger partial charge in [0.1, 0.15) is 0 Å². The molecular formula is C11H15N5O2. The molecule has 2 atom stereocenters. The molecule has 1 aliphatic carbocycles. The van der Waals surface area contributed by atoms with Crippen molar-refractivity contribution in [1.29, 1.82) is 0 Å². The van der Waals surface area contributed by atoms with Crippen LogP contribution in [0.1, 0.15) is 25.3 Å². The topological polar surface area (TPSA) is 110 Å². The van der Waals surface area contributed by atoms with Crippen molar-refractivity contribution >= 4 is 17.1 Å². The lowest BCUT2D eigenvalue weighted by molar-refractivity contribution is 0.197. The molecule has 2 heterocycles. The Morgan fingerprint density at radius 1 is 1.56 bits per heavy atom. The molecule has 4 N–H and O–H groups in total. The molecule has 0 spiro atoms. The normalized spacial score (nSPS) is 23.8. The summed E-state index contributed by atoms with van der Waals surface area (Å²) in [6.07, 6.45) is 4.63. The van der Waals surface area contributed by atoms with Gasteiger partial charge in [0, 0.05) is 18.6 Å². The lowest BCUT2D eigenvalue weighted by atomic mass is 10.1. The number of fused-ring (bicyclic) bond motifs is 1. The summed E-state index contributed by atoms with van der Waals surface area (Å²) in [5.74, 6) is 0.289. The second-order valence-corrected chi connectivity index (χ2v) is 4.72. The Labute approximate surface area is 103 Å². The van der Waals surface area contributed by atoms with Crippen LogP contribution in [-0.2, 0) is 0 Å². The average Bonchev–Trinajstić information content (AvgIpc) is 2.93. The fourth-order valence-corrected chi connectivity index (χ4v) is 2.78. The van der Waals surface area contributed by atoms with Gasteiger partial charge in [0.25, 0.3) is 5.56 Å². The number of hydrogen-bond acceptors (Lipinski definition) is 5. The summed E-state index contributed by atoms with van der Waals surface area (Å²) in [5, 5.41) is 9.37. The van der Waals surface area contributed by atoms with Crippen molar-refractivity contribution in [3.63, 3.8) is 0 Å². The zero-order valence-electron chi connectivity index (χ0n) is 9.83. The second-order valence-electron chi connectivity index (χ2n) is 4.72. The molecule has 7 heteroatoms. The Kier molecular flexibility index (Phi) is 2.55. The Bertz CT molecular complexity index is 632. The van der Waals surface area contributed by atoms with Gasteiger partial charge in [0.2, 0.25) is 5.95 Å². The van der Waals surface area contributed by atoms with Crippen molar-refractivity contribution < 1.29 is 5.11 Å². The summed E-state index contributed by atoms with van der Waals surface area (Å²) in [5.41, 5.74) is 6.04. The Hall–Kier alpha value is -1.89. The number of nitrogens with zero attached hydrogens (tertiary/aromatic N) is 3.